The third-order valence-corrected chi connectivity index (χ3v) is 2.98. The number of rotatable bonds is 6. The van der Waals surface area contributed by atoms with Crippen molar-refractivity contribution >= 4 is 11.6 Å². The molecule has 3 N–H and O–H groups in total. The smallest absolute Gasteiger partial charge is 0.227 e. The first kappa shape index (κ1) is 14.5. The molecule has 0 aliphatic rings. The van der Waals surface area contributed by atoms with Gasteiger partial charge in [0.05, 0.1) is 12.8 Å². The van der Waals surface area contributed by atoms with Gasteiger partial charge in [-0.15, -0.1) is 0 Å². The van der Waals surface area contributed by atoms with E-state index in [-0.39, 0.29) is 11.8 Å². The molecule has 0 aliphatic heterocycles. The summed E-state index contributed by atoms with van der Waals surface area (Å²) in [5.41, 5.74) is 7.35. The van der Waals surface area contributed by atoms with Crippen molar-refractivity contribution in [1.82, 2.24) is 0 Å². The van der Waals surface area contributed by atoms with Gasteiger partial charge < -0.3 is 15.8 Å². The van der Waals surface area contributed by atoms with Crippen molar-refractivity contribution in [2.75, 3.05) is 19.0 Å². The normalized spacial score (nSPS) is 12.0. The lowest BCUT2D eigenvalue weighted by Crippen LogP contribution is -2.23. The van der Waals surface area contributed by atoms with Crippen molar-refractivity contribution in [2.24, 2.45) is 11.7 Å². The first-order valence-electron chi connectivity index (χ1n) is 6.30. The summed E-state index contributed by atoms with van der Waals surface area (Å²) in [4.78, 5) is 11.9. The predicted octanol–water partition coefficient (Wildman–Crippen LogP) is 2.18. The number of ether oxygens (including phenoxy) is 1. The molecule has 0 spiro atoms. The Morgan fingerprint density at radius 3 is 2.78 bits per heavy atom. The molecule has 0 bridgehead atoms. The van der Waals surface area contributed by atoms with E-state index in [2.05, 4.69) is 12.2 Å². The molecule has 18 heavy (non-hydrogen) atoms. The summed E-state index contributed by atoms with van der Waals surface area (Å²) in [5.74, 6) is 0.567. The van der Waals surface area contributed by atoms with E-state index in [0.29, 0.717) is 18.7 Å². The number of aryl methyl sites for hydroxylation is 1. The average molecular weight is 250 g/mol. The summed E-state index contributed by atoms with van der Waals surface area (Å²) >= 11 is 0. The number of carbonyl (C=O) groups is 1. The number of amides is 1. The van der Waals surface area contributed by atoms with Crippen LogP contribution in [0.15, 0.2) is 18.2 Å². The molecule has 0 saturated carbocycles. The molecular formula is C14H22N2O2. The van der Waals surface area contributed by atoms with Gasteiger partial charge in [0.25, 0.3) is 0 Å². The fraction of sp³-hybridized carbons (Fsp3) is 0.500. The minimum atomic E-state index is -0.0926. The number of anilines is 1. The highest BCUT2D eigenvalue weighted by atomic mass is 16.5. The highest BCUT2D eigenvalue weighted by Gasteiger charge is 2.14. The quantitative estimate of drug-likeness (QED) is 0.813. The van der Waals surface area contributed by atoms with Crippen molar-refractivity contribution in [3.63, 3.8) is 0 Å². The van der Waals surface area contributed by atoms with E-state index in [9.17, 15) is 4.79 Å². The number of hydrogen-bond acceptors (Lipinski definition) is 3. The van der Waals surface area contributed by atoms with Gasteiger partial charge in [0.15, 0.2) is 0 Å². The molecule has 0 heterocycles. The van der Waals surface area contributed by atoms with Crippen molar-refractivity contribution in [3.05, 3.63) is 23.8 Å². The first-order valence-corrected chi connectivity index (χ1v) is 6.30. The van der Waals surface area contributed by atoms with Crippen molar-refractivity contribution < 1.29 is 9.53 Å². The Morgan fingerprint density at radius 2 is 2.22 bits per heavy atom. The maximum atomic E-state index is 11.9. The second-order valence-electron chi connectivity index (χ2n) is 4.36. The van der Waals surface area contributed by atoms with Crippen molar-refractivity contribution in [3.8, 4) is 5.75 Å². The monoisotopic (exact) mass is 250 g/mol. The van der Waals surface area contributed by atoms with Crippen LogP contribution in [0.4, 0.5) is 5.69 Å². The highest BCUT2D eigenvalue weighted by molar-refractivity contribution is 5.93. The van der Waals surface area contributed by atoms with Gasteiger partial charge in [-0.3, -0.25) is 4.79 Å². The Morgan fingerprint density at radius 1 is 1.50 bits per heavy atom. The first-order chi connectivity index (χ1) is 8.62. The van der Waals surface area contributed by atoms with E-state index in [4.69, 9.17) is 10.5 Å². The van der Waals surface area contributed by atoms with Crippen LogP contribution in [0.2, 0.25) is 0 Å². The van der Waals surface area contributed by atoms with Crippen molar-refractivity contribution in [2.45, 2.75) is 26.7 Å². The lowest BCUT2D eigenvalue weighted by atomic mass is 10.1. The Bertz CT molecular complexity index is 405. The summed E-state index contributed by atoms with van der Waals surface area (Å²) in [7, 11) is 1.60. The van der Waals surface area contributed by atoms with E-state index >= 15 is 0 Å². The standard InChI is InChI=1S/C14H22N2O2/c1-4-11-5-6-13(18-3)12(9-11)16-14(17)10(2)7-8-15/h5-6,9-10H,4,7-8,15H2,1-3H3,(H,16,17). The molecule has 1 atom stereocenters. The Balaban J connectivity index is 2.84. The molecule has 100 valence electrons. The van der Waals surface area contributed by atoms with Gasteiger partial charge in [0.2, 0.25) is 5.91 Å². The van der Waals surface area contributed by atoms with Crippen molar-refractivity contribution in [1.29, 1.82) is 0 Å². The average Bonchev–Trinajstić information content (AvgIpc) is 2.38. The third-order valence-electron chi connectivity index (χ3n) is 2.98. The van der Waals surface area contributed by atoms with Crippen LogP contribution >= 0.6 is 0 Å². The van der Waals surface area contributed by atoms with Crippen LogP contribution in [-0.4, -0.2) is 19.6 Å². The van der Waals surface area contributed by atoms with Crippen LogP contribution < -0.4 is 15.8 Å². The molecule has 0 saturated heterocycles. The Kier molecular flexibility index (Phi) is 5.65. The zero-order valence-electron chi connectivity index (χ0n) is 11.3. The largest absolute Gasteiger partial charge is 0.495 e. The zero-order chi connectivity index (χ0) is 13.5. The maximum absolute atomic E-state index is 11.9. The molecule has 1 aromatic rings. The molecule has 0 fully saturated rings. The number of carbonyl (C=O) groups excluding carboxylic acids is 1. The minimum Gasteiger partial charge on any atom is -0.495 e. The summed E-state index contributed by atoms with van der Waals surface area (Å²) in [6, 6.07) is 5.83. The fourth-order valence-corrected chi connectivity index (χ4v) is 1.71. The van der Waals surface area contributed by atoms with Gasteiger partial charge in [0.1, 0.15) is 5.75 Å². The lowest BCUT2D eigenvalue weighted by molar-refractivity contribution is -0.119. The summed E-state index contributed by atoms with van der Waals surface area (Å²) in [6.07, 6.45) is 1.60. The zero-order valence-corrected chi connectivity index (χ0v) is 11.3. The number of nitrogens with two attached hydrogens (primary N) is 1. The molecule has 0 radical (unpaired) electrons. The molecule has 1 amide bonds. The Labute approximate surface area is 109 Å². The van der Waals surface area contributed by atoms with Crippen LogP contribution in [0, 0.1) is 5.92 Å². The van der Waals surface area contributed by atoms with E-state index in [1.165, 1.54) is 0 Å². The van der Waals surface area contributed by atoms with Crippen LogP contribution in [0.25, 0.3) is 0 Å². The summed E-state index contributed by atoms with van der Waals surface area (Å²) in [6.45, 7) is 4.46. The molecule has 1 aromatic carbocycles. The Hall–Kier alpha value is -1.55. The second kappa shape index (κ2) is 7.01. The molecule has 0 aromatic heterocycles. The van der Waals surface area contributed by atoms with Gasteiger partial charge >= 0.3 is 0 Å². The molecular weight excluding hydrogens is 228 g/mol. The topological polar surface area (TPSA) is 64.3 Å². The molecule has 1 unspecified atom stereocenters. The van der Waals surface area contributed by atoms with Gasteiger partial charge in [-0.1, -0.05) is 19.9 Å². The minimum absolute atomic E-state index is 0.0213. The van der Waals surface area contributed by atoms with Gasteiger partial charge in [-0.25, -0.2) is 0 Å². The van der Waals surface area contributed by atoms with E-state index < -0.39 is 0 Å². The number of methoxy groups -OCH3 is 1. The van der Waals surface area contributed by atoms with E-state index in [1.807, 2.05) is 25.1 Å². The van der Waals surface area contributed by atoms with Crippen LogP contribution in [0.1, 0.15) is 25.8 Å². The molecule has 4 heteroatoms. The molecule has 1 rings (SSSR count). The molecule has 0 aliphatic carbocycles. The van der Waals surface area contributed by atoms with E-state index in [1.54, 1.807) is 7.11 Å². The SMILES string of the molecule is CCc1ccc(OC)c(NC(=O)C(C)CCN)c1. The van der Waals surface area contributed by atoms with Crippen LogP contribution in [0.3, 0.4) is 0 Å². The van der Waals surface area contributed by atoms with Gasteiger partial charge in [-0.2, -0.15) is 0 Å². The van der Waals surface area contributed by atoms with E-state index in [0.717, 1.165) is 17.7 Å². The van der Waals surface area contributed by atoms with Gasteiger partial charge in [-0.05, 0) is 37.1 Å². The third kappa shape index (κ3) is 3.74. The fourth-order valence-electron chi connectivity index (χ4n) is 1.71. The highest BCUT2D eigenvalue weighted by Crippen LogP contribution is 2.26. The summed E-state index contributed by atoms with van der Waals surface area (Å²) in [5, 5.41) is 2.90. The number of hydrogen-bond donors (Lipinski definition) is 2. The molecule has 4 nitrogen and oxygen atoms in total. The number of benzene rings is 1. The lowest BCUT2D eigenvalue weighted by Gasteiger charge is -2.14. The second-order valence-corrected chi connectivity index (χ2v) is 4.36. The summed E-state index contributed by atoms with van der Waals surface area (Å²) < 4.78 is 5.25. The van der Waals surface area contributed by atoms with Crippen LogP contribution in [0.5, 0.6) is 5.75 Å². The predicted molar refractivity (Wildman–Crippen MR) is 73.8 cm³/mol. The van der Waals surface area contributed by atoms with Gasteiger partial charge in [0, 0.05) is 5.92 Å². The number of nitrogens with one attached hydrogen (secondary N) is 1. The van der Waals surface area contributed by atoms with Crippen LogP contribution in [-0.2, 0) is 11.2 Å². The maximum Gasteiger partial charge on any atom is 0.227 e.